The summed E-state index contributed by atoms with van der Waals surface area (Å²) in [5.41, 5.74) is 5.38. The molecule has 5 heteroatoms. The number of thioether (sulfide) groups is 1. The lowest BCUT2D eigenvalue weighted by Gasteiger charge is -2.36. The van der Waals surface area contributed by atoms with Gasteiger partial charge in [0.15, 0.2) is 4.87 Å². The van der Waals surface area contributed by atoms with Gasteiger partial charge >= 0.3 is 0 Å². The van der Waals surface area contributed by atoms with Gasteiger partial charge in [-0.15, -0.1) is 11.8 Å². The average Bonchev–Trinajstić information content (AvgIpc) is 2.55. The van der Waals surface area contributed by atoms with Crippen molar-refractivity contribution < 1.29 is 9.59 Å². The number of rotatable bonds is 4. The maximum Gasteiger partial charge on any atom is 0.253 e. The number of likely N-dealkylation sites (tertiary alicyclic amines) is 1. The molecule has 1 atom stereocenters. The maximum atomic E-state index is 11.5. The molecule has 0 aromatic carbocycles. The number of amides is 2. The minimum absolute atomic E-state index is 0.0417. The Morgan fingerprint density at radius 1 is 1.71 bits per heavy atom. The average molecular weight is 216 g/mol. The molecule has 1 unspecified atom stereocenters. The van der Waals surface area contributed by atoms with E-state index in [0.29, 0.717) is 19.4 Å². The molecule has 0 aromatic heterocycles. The maximum absolute atomic E-state index is 11.5. The molecule has 0 aliphatic carbocycles. The molecule has 2 amide bonds. The Hall–Kier alpha value is -0.710. The van der Waals surface area contributed by atoms with E-state index in [4.69, 9.17) is 5.73 Å². The number of nitrogens with two attached hydrogens (primary N) is 1. The molecule has 0 saturated carbocycles. The minimum Gasteiger partial charge on any atom is -0.367 e. The van der Waals surface area contributed by atoms with E-state index >= 15 is 0 Å². The predicted molar refractivity (Wildman–Crippen MR) is 56.7 cm³/mol. The number of hydrogen-bond acceptors (Lipinski definition) is 3. The highest BCUT2D eigenvalue weighted by Crippen LogP contribution is 2.34. The monoisotopic (exact) mass is 216 g/mol. The van der Waals surface area contributed by atoms with Crippen molar-refractivity contribution >= 4 is 23.6 Å². The number of carbonyl (C=O) groups is 2. The standard InChI is InChI=1S/C9H16N2O2S/c1-3-9(14-2,8(10)13)11-6-4-5-7(11)12/h3-6H2,1-2H3,(H2,10,13). The molecule has 0 aromatic rings. The SMILES string of the molecule is CCC(SC)(C(N)=O)N1CCCC1=O. The van der Waals surface area contributed by atoms with Crippen LogP contribution in [0.4, 0.5) is 0 Å². The Bertz CT molecular complexity index is 251. The second kappa shape index (κ2) is 4.21. The molecular weight excluding hydrogens is 200 g/mol. The first-order chi connectivity index (χ1) is 6.58. The van der Waals surface area contributed by atoms with Gasteiger partial charge in [-0.2, -0.15) is 0 Å². The first-order valence-corrected chi connectivity index (χ1v) is 5.96. The summed E-state index contributed by atoms with van der Waals surface area (Å²) in [6, 6.07) is 0. The van der Waals surface area contributed by atoms with E-state index in [9.17, 15) is 9.59 Å². The number of carbonyl (C=O) groups excluding carboxylic acids is 2. The summed E-state index contributed by atoms with van der Waals surface area (Å²) >= 11 is 1.36. The zero-order valence-corrected chi connectivity index (χ0v) is 9.39. The van der Waals surface area contributed by atoms with Crippen molar-refractivity contribution in [2.24, 2.45) is 5.73 Å². The van der Waals surface area contributed by atoms with Gasteiger partial charge in [0, 0.05) is 13.0 Å². The third-order valence-electron chi connectivity index (χ3n) is 2.71. The predicted octanol–water partition coefficient (Wildman–Crippen LogP) is 0.563. The first-order valence-electron chi connectivity index (χ1n) is 4.74. The smallest absolute Gasteiger partial charge is 0.253 e. The molecule has 1 heterocycles. The normalized spacial score (nSPS) is 21.0. The highest BCUT2D eigenvalue weighted by atomic mass is 32.2. The summed E-state index contributed by atoms with van der Waals surface area (Å²) in [4.78, 5) is 23.8. The van der Waals surface area contributed by atoms with Crippen LogP contribution >= 0.6 is 11.8 Å². The lowest BCUT2D eigenvalue weighted by molar-refractivity contribution is -0.137. The van der Waals surface area contributed by atoms with Gasteiger partial charge in [0.2, 0.25) is 5.91 Å². The number of primary amides is 1. The Balaban J connectivity index is 2.96. The third-order valence-corrected chi connectivity index (χ3v) is 4.10. The van der Waals surface area contributed by atoms with E-state index in [0.717, 1.165) is 6.42 Å². The molecular formula is C9H16N2O2S. The minimum atomic E-state index is -0.826. The zero-order valence-electron chi connectivity index (χ0n) is 8.58. The molecule has 1 aliphatic heterocycles. The van der Waals surface area contributed by atoms with Crippen LogP contribution in [0.1, 0.15) is 26.2 Å². The van der Waals surface area contributed by atoms with Crippen LogP contribution in [0.3, 0.4) is 0 Å². The van der Waals surface area contributed by atoms with Crippen LogP contribution in [0.25, 0.3) is 0 Å². The molecule has 0 spiro atoms. The van der Waals surface area contributed by atoms with Gasteiger partial charge in [0.1, 0.15) is 0 Å². The van der Waals surface area contributed by atoms with E-state index in [1.54, 1.807) is 4.90 Å². The van der Waals surface area contributed by atoms with Crippen LogP contribution in [0.5, 0.6) is 0 Å². The van der Waals surface area contributed by atoms with Crippen LogP contribution in [-0.4, -0.2) is 34.4 Å². The molecule has 1 fully saturated rings. The van der Waals surface area contributed by atoms with Crippen LogP contribution in [-0.2, 0) is 9.59 Å². The fraction of sp³-hybridized carbons (Fsp3) is 0.778. The molecule has 4 nitrogen and oxygen atoms in total. The highest BCUT2D eigenvalue weighted by Gasteiger charge is 2.44. The second-order valence-electron chi connectivity index (χ2n) is 3.36. The molecule has 80 valence electrons. The molecule has 2 N–H and O–H groups in total. The zero-order chi connectivity index (χ0) is 10.8. The van der Waals surface area contributed by atoms with Gasteiger partial charge in [-0.05, 0) is 19.1 Å². The van der Waals surface area contributed by atoms with Gasteiger partial charge in [0.05, 0.1) is 0 Å². The highest BCUT2D eigenvalue weighted by molar-refractivity contribution is 8.00. The van der Waals surface area contributed by atoms with E-state index in [1.807, 2.05) is 13.2 Å². The summed E-state index contributed by atoms with van der Waals surface area (Å²) in [5, 5.41) is 0. The van der Waals surface area contributed by atoms with Crippen molar-refractivity contribution in [1.29, 1.82) is 0 Å². The topological polar surface area (TPSA) is 63.4 Å². The molecule has 1 aliphatic rings. The molecule has 0 radical (unpaired) electrons. The van der Waals surface area contributed by atoms with Crippen LogP contribution in [0.2, 0.25) is 0 Å². The van der Waals surface area contributed by atoms with E-state index < -0.39 is 10.8 Å². The summed E-state index contributed by atoms with van der Waals surface area (Å²) in [6.45, 7) is 2.53. The van der Waals surface area contributed by atoms with Crippen molar-refractivity contribution in [3.63, 3.8) is 0 Å². The van der Waals surface area contributed by atoms with Crippen molar-refractivity contribution in [3.8, 4) is 0 Å². The molecule has 0 bridgehead atoms. The molecule has 1 saturated heterocycles. The largest absolute Gasteiger partial charge is 0.367 e. The van der Waals surface area contributed by atoms with Gasteiger partial charge in [-0.25, -0.2) is 0 Å². The fourth-order valence-electron chi connectivity index (χ4n) is 1.88. The third kappa shape index (κ3) is 1.61. The van der Waals surface area contributed by atoms with Gasteiger partial charge in [-0.1, -0.05) is 6.92 Å². The summed E-state index contributed by atoms with van der Waals surface area (Å²) < 4.78 is 0. The first kappa shape index (κ1) is 11.4. The Kier molecular flexibility index (Phi) is 3.42. The van der Waals surface area contributed by atoms with Gasteiger partial charge < -0.3 is 10.6 Å². The summed E-state index contributed by atoms with van der Waals surface area (Å²) in [7, 11) is 0. The van der Waals surface area contributed by atoms with Crippen LogP contribution < -0.4 is 5.73 Å². The van der Waals surface area contributed by atoms with Crippen LogP contribution in [0, 0.1) is 0 Å². The van der Waals surface area contributed by atoms with Gasteiger partial charge in [-0.3, -0.25) is 9.59 Å². The number of nitrogens with zero attached hydrogens (tertiary/aromatic N) is 1. The van der Waals surface area contributed by atoms with Gasteiger partial charge in [0.25, 0.3) is 5.91 Å². The number of hydrogen-bond donors (Lipinski definition) is 1. The van der Waals surface area contributed by atoms with Crippen molar-refractivity contribution in [2.45, 2.75) is 31.1 Å². The Morgan fingerprint density at radius 2 is 2.36 bits per heavy atom. The van der Waals surface area contributed by atoms with E-state index in [1.165, 1.54) is 11.8 Å². The second-order valence-corrected chi connectivity index (χ2v) is 4.44. The Morgan fingerprint density at radius 3 is 2.64 bits per heavy atom. The van der Waals surface area contributed by atoms with Crippen molar-refractivity contribution in [3.05, 3.63) is 0 Å². The Labute approximate surface area is 88.2 Å². The lowest BCUT2D eigenvalue weighted by atomic mass is 10.2. The van der Waals surface area contributed by atoms with Crippen LogP contribution in [0.15, 0.2) is 0 Å². The summed E-state index contributed by atoms with van der Waals surface area (Å²) in [6.07, 6.45) is 3.75. The van der Waals surface area contributed by atoms with Crippen molar-refractivity contribution in [1.82, 2.24) is 4.90 Å². The quantitative estimate of drug-likeness (QED) is 0.747. The fourth-order valence-corrected chi connectivity index (χ4v) is 2.79. The summed E-state index contributed by atoms with van der Waals surface area (Å²) in [5.74, 6) is -0.372. The lowest BCUT2D eigenvalue weighted by Crippen LogP contribution is -2.55. The molecule has 14 heavy (non-hydrogen) atoms. The van der Waals surface area contributed by atoms with E-state index in [2.05, 4.69) is 0 Å². The van der Waals surface area contributed by atoms with Crippen molar-refractivity contribution in [2.75, 3.05) is 12.8 Å². The molecule has 1 rings (SSSR count). The van der Waals surface area contributed by atoms with E-state index in [-0.39, 0.29) is 5.91 Å².